The lowest BCUT2D eigenvalue weighted by Gasteiger charge is -2.33. The van der Waals surface area contributed by atoms with Crippen LogP contribution in [0.2, 0.25) is 0 Å². The first-order chi connectivity index (χ1) is 39.3. The fraction of sp³-hybridized carbons (Fsp3) is 0.373. The molecule has 436 valence electrons. The third-order valence-corrected chi connectivity index (χ3v) is 14.8. The SMILES string of the molecule is Cc1ccc(C[C@H](N)C(=O)N[C@H](CS)C(=O)N[C@@H](Cc2cccnc2)C(=O)N[C@H](Cc2c[nH]c3ccccc23)C(=O)N(C)[C@@H](CCCCN)C(=O)N[C@H](C(=O)N[C@@H](CS)C(=O)N[C@@H](Cc2ccc3ccccc3c2)C(=O)O)[C@@H](C)O)cc1. The number of unbranched alkanes of at least 4 members (excludes halogenated alkanes) is 1. The van der Waals surface area contributed by atoms with E-state index >= 15 is 4.79 Å². The van der Waals surface area contributed by atoms with Crippen molar-refractivity contribution >= 4 is 94.3 Å². The molecule has 13 N–H and O–H groups in total. The predicted octanol–water partition coefficient (Wildman–Crippen LogP) is 1.81. The number of H-pyrrole nitrogens is 1. The van der Waals surface area contributed by atoms with Gasteiger partial charge in [-0.25, -0.2) is 4.79 Å². The Hall–Kier alpha value is -7.83. The molecule has 6 rings (SSSR count). The molecule has 0 saturated carbocycles. The van der Waals surface area contributed by atoms with Crippen molar-refractivity contribution in [2.45, 2.75) is 113 Å². The number of thiol groups is 2. The molecule has 0 fully saturated rings. The van der Waals surface area contributed by atoms with E-state index in [4.69, 9.17) is 11.5 Å². The lowest BCUT2D eigenvalue weighted by atomic mass is 10.00. The standard InChI is InChI=1S/C59H73N11O10S2/c1-34-17-19-36(20-18-34)26-43(61)52(72)67-48(32-81)54(74)64-45(28-38-11-10-24-62-30-38)53(73)65-46(29-41-31-63-44-15-7-6-14-42(41)44)58(78)70(3)50(16-8-9-23-60)56(76)69-51(35(2)71)57(77)68-49(33-82)55(75)66-47(59(79)80)27-37-21-22-39-12-4-5-13-40(39)25-37/h4-7,10-15,17-22,24-25,30-31,35,43,45-51,63,71,81-82H,8-9,16,23,26-29,32-33,60-61H2,1-3H3,(H,64,74)(H,65,73)(H,66,75)(H,67,72)(H,68,77)(H,69,76)(H,79,80)/t35-,43+,45+,46-,47+,48-,49+,50+,51+/m1/s1. The smallest absolute Gasteiger partial charge is 0.326 e. The molecule has 2 aromatic heterocycles. The third-order valence-electron chi connectivity index (χ3n) is 14.0. The van der Waals surface area contributed by atoms with Crippen LogP contribution in [0.3, 0.4) is 0 Å². The number of rotatable bonds is 30. The van der Waals surface area contributed by atoms with Crippen molar-refractivity contribution in [3.8, 4) is 0 Å². The number of carboxylic acid groups (broad SMARTS) is 1. The zero-order valence-corrected chi connectivity index (χ0v) is 47.7. The first-order valence-corrected chi connectivity index (χ1v) is 28.2. The van der Waals surface area contributed by atoms with Crippen LogP contribution in [0.1, 0.15) is 54.0 Å². The van der Waals surface area contributed by atoms with Gasteiger partial charge in [-0.05, 0) is 91.2 Å². The van der Waals surface area contributed by atoms with Crippen LogP contribution in [-0.4, -0.2) is 152 Å². The van der Waals surface area contributed by atoms with E-state index in [1.54, 1.807) is 24.4 Å². The topological polar surface area (TPSA) is 333 Å². The van der Waals surface area contributed by atoms with Crippen molar-refractivity contribution in [2.24, 2.45) is 11.5 Å². The van der Waals surface area contributed by atoms with Gasteiger partial charge in [-0.3, -0.25) is 38.5 Å². The molecule has 0 spiro atoms. The Balaban J connectivity index is 1.21. The summed E-state index contributed by atoms with van der Waals surface area (Å²) in [5.41, 5.74) is 16.5. The molecule has 0 unspecified atom stereocenters. The van der Waals surface area contributed by atoms with Gasteiger partial charge in [0, 0.05) is 67.3 Å². The summed E-state index contributed by atoms with van der Waals surface area (Å²) >= 11 is 8.60. The Bertz CT molecular complexity index is 3170. The highest BCUT2D eigenvalue weighted by atomic mass is 32.1. The molecular formula is C59H73N11O10S2. The minimum absolute atomic E-state index is 0.00777. The van der Waals surface area contributed by atoms with E-state index in [1.807, 2.05) is 91.9 Å². The maximum atomic E-state index is 15.1. The van der Waals surface area contributed by atoms with E-state index < -0.39 is 102 Å². The number of benzene rings is 4. The number of para-hydroxylation sites is 1. The zero-order chi connectivity index (χ0) is 59.5. The molecule has 7 amide bonds. The number of nitrogens with zero attached hydrogens (tertiary/aromatic N) is 2. The average Bonchev–Trinajstić information content (AvgIpc) is 4.12. The van der Waals surface area contributed by atoms with E-state index in [2.05, 4.69) is 67.1 Å². The fourth-order valence-electron chi connectivity index (χ4n) is 9.34. The van der Waals surface area contributed by atoms with Gasteiger partial charge in [0.2, 0.25) is 41.4 Å². The average molecular weight is 1160 g/mol. The number of aliphatic hydroxyl groups excluding tert-OH is 1. The molecule has 0 radical (unpaired) electrons. The third kappa shape index (κ3) is 17.8. The number of aliphatic carboxylic acids is 1. The largest absolute Gasteiger partial charge is 0.480 e. The minimum Gasteiger partial charge on any atom is -0.480 e. The maximum Gasteiger partial charge on any atom is 0.326 e. The molecule has 0 aliphatic carbocycles. The highest BCUT2D eigenvalue weighted by molar-refractivity contribution is 7.80. The number of carbonyl (C=O) groups excluding carboxylic acids is 7. The molecule has 0 bridgehead atoms. The van der Waals surface area contributed by atoms with Gasteiger partial charge in [-0.1, -0.05) is 96.6 Å². The number of aliphatic hydroxyl groups is 1. The number of aromatic nitrogens is 2. The van der Waals surface area contributed by atoms with Crippen molar-refractivity contribution < 1.29 is 48.6 Å². The molecule has 82 heavy (non-hydrogen) atoms. The summed E-state index contributed by atoms with van der Waals surface area (Å²) < 4.78 is 0. The molecule has 6 aromatic rings. The number of carbonyl (C=O) groups is 8. The molecular weight excluding hydrogens is 1090 g/mol. The number of pyridine rings is 1. The highest BCUT2D eigenvalue weighted by Gasteiger charge is 2.38. The number of fused-ring (bicyclic) bond motifs is 2. The van der Waals surface area contributed by atoms with E-state index in [0.29, 0.717) is 29.5 Å². The molecule has 0 saturated heterocycles. The van der Waals surface area contributed by atoms with Crippen LogP contribution in [0.25, 0.3) is 21.7 Å². The molecule has 2 heterocycles. The number of aromatic amines is 1. The van der Waals surface area contributed by atoms with Crippen LogP contribution in [0, 0.1) is 6.92 Å². The predicted molar refractivity (Wildman–Crippen MR) is 319 cm³/mol. The van der Waals surface area contributed by atoms with Gasteiger partial charge in [0.1, 0.15) is 42.3 Å². The Morgan fingerprint density at radius 1 is 0.634 bits per heavy atom. The van der Waals surface area contributed by atoms with Crippen LogP contribution >= 0.6 is 25.3 Å². The summed E-state index contributed by atoms with van der Waals surface area (Å²) in [6.07, 6.45) is 3.82. The molecule has 0 aliphatic heterocycles. The quantitative estimate of drug-likeness (QED) is 0.0226. The van der Waals surface area contributed by atoms with Crippen LogP contribution in [0.5, 0.6) is 0 Å². The van der Waals surface area contributed by atoms with Gasteiger partial charge >= 0.3 is 5.97 Å². The van der Waals surface area contributed by atoms with Crippen LogP contribution in [0.15, 0.2) is 122 Å². The monoisotopic (exact) mass is 1160 g/mol. The highest BCUT2D eigenvalue weighted by Crippen LogP contribution is 2.22. The molecule has 9 atom stereocenters. The molecule has 23 heteroatoms. The Labute approximate surface area is 486 Å². The Morgan fingerprint density at radius 3 is 1.88 bits per heavy atom. The van der Waals surface area contributed by atoms with Gasteiger partial charge in [0.25, 0.3) is 0 Å². The van der Waals surface area contributed by atoms with Gasteiger partial charge in [0.05, 0.1) is 12.1 Å². The summed E-state index contributed by atoms with van der Waals surface area (Å²) in [7, 11) is 1.36. The van der Waals surface area contributed by atoms with Crippen molar-refractivity contribution in [3.63, 3.8) is 0 Å². The number of carboxylic acids is 1. The fourth-order valence-corrected chi connectivity index (χ4v) is 9.85. The molecule has 21 nitrogen and oxygen atoms in total. The van der Waals surface area contributed by atoms with Crippen molar-refractivity contribution in [3.05, 3.63) is 150 Å². The van der Waals surface area contributed by atoms with Crippen molar-refractivity contribution in [1.82, 2.24) is 46.8 Å². The second-order valence-corrected chi connectivity index (χ2v) is 21.0. The van der Waals surface area contributed by atoms with Gasteiger partial charge in [-0.2, -0.15) is 25.3 Å². The van der Waals surface area contributed by atoms with Gasteiger partial charge in [-0.15, -0.1) is 0 Å². The van der Waals surface area contributed by atoms with E-state index in [0.717, 1.165) is 37.7 Å². The minimum atomic E-state index is -1.70. The Kier molecular flexibility index (Phi) is 23.8. The second-order valence-electron chi connectivity index (χ2n) is 20.3. The summed E-state index contributed by atoms with van der Waals surface area (Å²) in [4.78, 5) is 120. The number of nitrogens with two attached hydrogens (primary N) is 2. The summed E-state index contributed by atoms with van der Waals surface area (Å²) in [6.45, 7) is 3.41. The lowest BCUT2D eigenvalue weighted by molar-refractivity contribution is -0.144. The Morgan fingerprint density at radius 2 is 1.23 bits per heavy atom. The van der Waals surface area contributed by atoms with E-state index in [1.165, 1.54) is 26.4 Å². The van der Waals surface area contributed by atoms with Crippen molar-refractivity contribution in [2.75, 3.05) is 25.1 Å². The number of hydrogen-bond acceptors (Lipinski definition) is 14. The van der Waals surface area contributed by atoms with E-state index in [9.17, 15) is 43.8 Å². The van der Waals surface area contributed by atoms with Crippen LogP contribution in [-0.2, 0) is 64.0 Å². The van der Waals surface area contributed by atoms with Crippen LogP contribution < -0.4 is 43.4 Å². The summed E-state index contributed by atoms with van der Waals surface area (Å²) in [5.74, 6) is -7.49. The zero-order valence-electron chi connectivity index (χ0n) is 45.9. The van der Waals surface area contributed by atoms with Crippen LogP contribution in [0.4, 0.5) is 0 Å². The number of amides is 7. The number of aryl methyl sites for hydroxylation is 1. The normalized spacial score (nSPS) is 14.6. The van der Waals surface area contributed by atoms with Gasteiger partial charge in [0.15, 0.2) is 0 Å². The number of hydrogen-bond donors (Lipinski definition) is 13. The number of likely N-dealkylation sites (N-methyl/N-ethyl adjacent to an activating group) is 1. The first-order valence-electron chi connectivity index (χ1n) is 26.9. The summed E-state index contributed by atoms with van der Waals surface area (Å²) in [5, 5.41) is 39.4. The second kappa shape index (κ2) is 30.8. The van der Waals surface area contributed by atoms with Gasteiger partial charge < -0.3 is 63.5 Å². The van der Waals surface area contributed by atoms with Crippen molar-refractivity contribution in [1.29, 1.82) is 0 Å². The lowest BCUT2D eigenvalue weighted by Crippen LogP contribution is -2.62. The molecule has 0 aliphatic rings. The summed E-state index contributed by atoms with van der Waals surface area (Å²) in [6, 6.07) is 20.2. The first kappa shape index (κ1) is 63.4. The maximum absolute atomic E-state index is 15.1. The molecule has 4 aromatic carbocycles. The van der Waals surface area contributed by atoms with E-state index in [-0.39, 0.29) is 50.2 Å². The number of nitrogens with one attached hydrogen (secondary N) is 7.